The molecule has 1 aromatic carbocycles. The predicted molar refractivity (Wildman–Crippen MR) is 150 cm³/mol. The highest BCUT2D eigenvalue weighted by Gasteiger charge is 2.32. The number of carbonyl (C=O) groups excluding carboxylic acids is 4. The Morgan fingerprint density at radius 2 is 1.20 bits per heavy atom. The van der Waals surface area contributed by atoms with Crippen molar-refractivity contribution < 1.29 is 39.0 Å². The molecule has 0 saturated carbocycles. The summed E-state index contributed by atoms with van der Waals surface area (Å²) in [5, 5.41) is 28.8. The van der Waals surface area contributed by atoms with Crippen LogP contribution in [0, 0.1) is 11.8 Å². The fourth-order valence-electron chi connectivity index (χ4n) is 4.06. The second kappa shape index (κ2) is 17.6. The molecule has 0 unspecified atom stereocenters. The largest absolute Gasteiger partial charge is 0.481 e. The number of nitrogens with one attached hydrogen (secondary N) is 4. The van der Waals surface area contributed by atoms with Crippen LogP contribution in [0.25, 0.3) is 0 Å². The number of aliphatic carboxylic acids is 2. The Labute approximate surface area is 240 Å². The van der Waals surface area contributed by atoms with Crippen LogP contribution in [0.4, 0.5) is 0 Å². The molecule has 0 aliphatic carbocycles. The SMILES string of the molecule is CC(C)C[C@H](NC(=O)[C@H](CCC(=O)O)NC(=O)[C@H](Cc1ccccc1)NC(=O)[C@H](CC(C)C)NC(=O)CN)C(=O)O. The first-order chi connectivity index (χ1) is 19.2. The number of carboxylic acid groups (broad SMARTS) is 2. The van der Waals surface area contributed by atoms with Crippen molar-refractivity contribution in [2.75, 3.05) is 6.54 Å². The lowest BCUT2D eigenvalue weighted by Gasteiger charge is -2.26. The van der Waals surface area contributed by atoms with Crippen molar-refractivity contribution in [1.29, 1.82) is 0 Å². The summed E-state index contributed by atoms with van der Waals surface area (Å²) in [5.74, 6) is -5.34. The number of hydrogen-bond donors (Lipinski definition) is 7. The monoisotopic (exact) mass is 577 g/mol. The number of carbonyl (C=O) groups is 6. The Morgan fingerprint density at radius 3 is 1.71 bits per heavy atom. The zero-order valence-electron chi connectivity index (χ0n) is 24.0. The van der Waals surface area contributed by atoms with Gasteiger partial charge in [-0.15, -0.1) is 0 Å². The van der Waals surface area contributed by atoms with Crippen molar-refractivity contribution in [3.05, 3.63) is 35.9 Å². The molecular weight excluding hydrogens is 534 g/mol. The molecule has 0 fully saturated rings. The molecule has 1 aromatic rings. The maximum Gasteiger partial charge on any atom is 0.326 e. The van der Waals surface area contributed by atoms with Gasteiger partial charge in [0.25, 0.3) is 0 Å². The second-order valence-corrected chi connectivity index (χ2v) is 10.7. The van der Waals surface area contributed by atoms with Crippen LogP contribution in [-0.2, 0) is 35.2 Å². The molecule has 13 heteroatoms. The van der Waals surface area contributed by atoms with Gasteiger partial charge in [0.1, 0.15) is 24.2 Å². The van der Waals surface area contributed by atoms with E-state index >= 15 is 0 Å². The predicted octanol–water partition coefficient (Wildman–Crippen LogP) is 0.169. The molecule has 0 aliphatic rings. The maximum absolute atomic E-state index is 13.5. The van der Waals surface area contributed by atoms with E-state index in [9.17, 15) is 39.0 Å². The van der Waals surface area contributed by atoms with E-state index in [0.717, 1.165) is 0 Å². The van der Waals surface area contributed by atoms with Gasteiger partial charge in [-0.3, -0.25) is 24.0 Å². The number of amides is 4. The van der Waals surface area contributed by atoms with Crippen LogP contribution in [0.3, 0.4) is 0 Å². The van der Waals surface area contributed by atoms with Crippen molar-refractivity contribution in [3.63, 3.8) is 0 Å². The molecule has 0 radical (unpaired) electrons. The van der Waals surface area contributed by atoms with Gasteiger partial charge in [0, 0.05) is 12.8 Å². The average Bonchev–Trinajstić information content (AvgIpc) is 2.89. The summed E-state index contributed by atoms with van der Waals surface area (Å²) in [6.45, 7) is 6.96. The third-order valence-electron chi connectivity index (χ3n) is 6.06. The summed E-state index contributed by atoms with van der Waals surface area (Å²) in [7, 11) is 0. The lowest BCUT2D eigenvalue weighted by molar-refractivity contribution is -0.143. The molecular formula is C28H43N5O8. The lowest BCUT2D eigenvalue weighted by Crippen LogP contribution is -2.58. The first kappa shape index (κ1) is 35.0. The molecule has 228 valence electrons. The molecule has 4 atom stereocenters. The van der Waals surface area contributed by atoms with Crippen LogP contribution in [0.1, 0.15) is 58.9 Å². The van der Waals surface area contributed by atoms with Crippen LogP contribution in [0.5, 0.6) is 0 Å². The quantitative estimate of drug-likeness (QED) is 0.126. The Bertz CT molecular complexity index is 1050. The molecule has 0 saturated heterocycles. The summed E-state index contributed by atoms with van der Waals surface area (Å²) in [4.78, 5) is 74.6. The van der Waals surface area contributed by atoms with Crippen molar-refractivity contribution >= 4 is 35.6 Å². The van der Waals surface area contributed by atoms with E-state index in [4.69, 9.17) is 5.73 Å². The van der Waals surface area contributed by atoms with Gasteiger partial charge < -0.3 is 37.2 Å². The van der Waals surface area contributed by atoms with Crippen molar-refractivity contribution in [2.24, 2.45) is 17.6 Å². The van der Waals surface area contributed by atoms with Crippen LogP contribution >= 0.6 is 0 Å². The van der Waals surface area contributed by atoms with Crippen LogP contribution in [0.2, 0.25) is 0 Å². The molecule has 0 heterocycles. The summed E-state index contributed by atoms with van der Waals surface area (Å²) in [6, 6.07) is 3.95. The molecule has 0 bridgehead atoms. The third kappa shape index (κ3) is 13.8. The maximum atomic E-state index is 13.5. The van der Waals surface area contributed by atoms with Gasteiger partial charge in [0.15, 0.2) is 0 Å². The van der Waals surface area contributed by atoms with Gasteiger partial charge >= 0.3 is 11.9 Å². The highest BCUT2D eigenvalue weighted by Crippen LogP contribution is 2.10. The molecule has 8 N–H and O–H groups in total. The second-order valence-electron chi connectivity index (χ2n) is 10.7. The van der Waals surface area contributed by atoms with E-state index < -0.39 is 66.2 Å². The number of nitrogens with two attached hydrogens (primary N) is 1. The summed E-state index contributed by atoms with van der Waals surface area (Å²) in [6.07, 6.45) is -0.366. The van der Waals surface area contributed by atoms with Gasteiger partial charge in [0.2, 0.25) is 23.6 Å². The summed E-state index contributed by atoms with van der Waals surface area (Å²) >= 11 is 0. The molecule has 4 amide bonds. The highest BCUT2D eigenvalue weighted by molar-refractivity contribution is 5.95. The van der Waals surface area contributed by atoms with Gasteiger partial charge in [-0.2, -0.15) is 0 Å². The van der Waals surface area contributed by atoms with Gasteiger partial charge in [-0.05, 0) is 36.7 Å². The van der Waals surface area contributed by atoms with Crippen LogP contribution < -0.4 is 27.0 Å². The minimum absolute atomic E-state index is 0.0161. The molecule has 13 nitrogen and oxygen atoms in total. The zero-order valence-corrected chi connectivity index (χ0v) is 24.0. The molecule has 0 spiro atoms. The zero-order chi connectivity index (χ0) is 31.1. The van der Waals surface area contributed by atoms with Gasteiger partial charge in [-0.25, -0.2) is 4.79 Å². The molecule has 41 heavy (non-hydrogen) atoms. The van der Waals surface area contributed by atoms with Crippen LogP contribution in [-0.4, -0.2) is 76.5 Å². The van der Waals surface area contributed by atoms with Crippen LogP contribution in [0.15, 0.2) is 30.3 Å². The molecule has 1 rings (SSSR count). The fraction of sp³-hybridized carbons (Fsp3) is 0.571. The minimum Gasteiger partial charge on any atom is -0.481 e. The standard InChI is InChI=1S/C28H43N5O8/c1-16(2)12-20(30-23(34)15-29)26(38)32-21(14-18-8-6-5-7-9-18)27(39)31-19(10-11-24(35)36)25(37)33-22(28(40)41)13-17(3)4/h5-9,16-17,19-22H,10-15,29H2,1-4H3,(H,30,34)(H,31,39)(H,32,38)(H,33,37)(H,35,36)(H,40,41)/t19-,20-,21-,22-/m0/s1. The van der Waals surface area contributed by atoms with E-state index in [-0.39, 0.29) is 44.1 Å². The van der Waals surface area contributed by atoms with Gasteiger partial charge in [-0.1, -0.05) is 58.0 Å². The summed E-state index contributed by atoms with van der Waals surface area (Å²) < 4.78 is 0. The Balaban J connectivity index is 3.25. The average molecular weight is 578 g/mol. The number of benzene rings is 1. The minimum atomic E-state index is -1.38. The molecule has 0 aliphatic heterocycles. The lowest BCUT2D eigenvalue weighted by atomic mass is 10.0. The summed E-state index contributed by atoms with van der Waals surface area (Å²) in [5.41, 5.74) is 6.08. The Kier molecular flexibility index (Phi) is 15.1. The molecule has 0 aromatic heterocycles. The number of rotatable bonds is 18. The van der Waals surface area contributed by atoms with Crippen molar-refractivity contribution in [2.45, 2.75) is 84.0 Å². The van der Waals surface area contributed by atoms with E-state index in [1.165, 1.54) is 0 Å². The van der Waals surface area contributed by atoms with E-state index in [0.29, 0.717) is 5.56 Å². The third-order valence-corrected chi connectivity index (χ3v) is 6.06. The van der Waals surface area contributed by atoms with Crippen molar-refractivity contribution in [3.8, 4) is 0 Å². The highest BCUT2D eigenvalue weighted by atomic mass is 16.4. The first-order valence-electron chi connectivity index (χ1n) is 13.6. The topological polar surface area (TPSA) is 217 Å². The number of hydrogen-bond acceptors (Lipinski definition) is 7. The fourth-order valence-corrected chi connectivity index (χ4v) is 4.06. The van der Waals surface area contributed by atoms with E-state index in [2.05, 4.69) is 21.3 Å². The smallest absolute Gasteiger partial charge is 0.326 e. The Morgan fingerprint density at radius 1 is 0.707 bits per heavy atom. The van der Waals surface area contributed by atoms with E-state index in [1.54, 1.807) is 44.2 Å². The van der Waals surface area contributed by atoms with Crippen molar-refractivity contribution in [1.82, 2.24) is 21.3 Å². The Hall–Kier alpha value is -4.00. The van der Waals surface area contributed by atoms with Gasteiger partial charge in [0.05, 0.1) is 6.54 Å². The van der Waals surface area contributed by atoms with E-state index in [1.807, 2.05) is 13.8 Å². The first-order valence-corrected chi connectivity index (χ1v) is 13.6. The number of carboxylic acids is 2. The normalized spacial score (nSPS) is 13.9.